The van der Waals surface area contributed by atoms with E-state index in [4.69, 9.17) is 9.88 Å². The summed E-state index contributed by atoms with van der Waals surface area (Å²) >= 11 is 0. The van der Waals surface area contributed by atoms with Gasteiger partial charge in [0.2, 0.25) is 0 Å². The van der Waals surface area contributed by atoms with E-state index in [0.717, 1.165) is 0 Å². The highest BCUT2D eigenvalue weighted by molar-refractivity contribution is 7.87. The van der Waals surface area contributed by atoms with Gasteiger partial charge >= 0.3 is 0 Å². The minimum atomic E-state index is -3.63. The molecule has 0 aliphatic heterocycles. The fourth-order valence-electron chi connectivity index (χ4n) is 0.818. The molecule has 0 fully saturated rings. The second-order valence-electron chi connectivity index (χ2n) is 3.17. The summed E-state index contributed by atoms with van der Waals surface area (Å²) < 4.78 is 28.9. The molecule has 0 aromatic heterocycles. The van der Waals surface area contributed by atoms with Gasteiger partial charge in [-0.2, -0.15) is 13.1 Å². The molecule has 0 aliphatic rings. The molecule has 0 bridgehead atoms. The molecule has 5 nitrogen and oxygen atoms in total. The van der Waals surface area contributed by atoms with E-state index in [0.29, 0.717) is 13.2 Å². The zero-order chi connectivity index (χ0) is 10.5. The Morgan fingerprint density at radius 3 is 2.31 bits per heavy atom. The van der Waals surface area contributed by atoms with Crippen LogP contribution in [0.3, 0.4) is 0 Å². The second-order valence-corrected chi connectivity index (χ2v) is 4.50. The van der Waals surface area contributed by atoms with Crippen LogP contribution in [0, 0.1) is 5.92 Å². The maximum absolute atomic E-state index is 10.7. The first-order valence-electron chi connectivity index (χ1n) is 4.24. The minimum absolute atomic E-state index is 0.157. The molecule has 0 rings (SSSR count). The van der Waals surface area contributed by atoms with Gasteiger partial charge in [-0.15, -0.1) is 0 Å². The molecule has 6 heteroatoms. The first kappa shape index (κ1) is 12.8. The van der Waals surface area contributed by atoms with Crippen molar-refractivity contribution in [2.45, 2.75) is 26.8 Å². The van der Waals surface area contributed by atoms with Crippen molar-refractivity contribution in [2.24, 2.45) is 11.1 Å². The maximum Gasteiger partial charge on any atom is 0.274 e. The van der Waals surface area contributed by atoms with Crippen LogP contribution in [-0.4, -0.2) is 27.7 Å². The SMILES string of the molecule is CCOCC(NS(N)(=O)=O)C(C)C. The number of nitrogens with two attached hydrogens (primary N) is 1. The highest BCUT2D eigenvalue weighted by Gasteiger charge is 2.17. The summed E-state index contributed by atoms with van der Waals surface area (Å²) in [4.78, 5) is 0. The summed E-state index contributed by atoms with van der Waals surface area (Å²) in [5.74, 6) is 0.157. The fourth-order valence-corrected chi connectivity index (χ4v) is 1.58. The third-order valence-electron chi connectivity index (χ3n) is 1.62. The van der Waals surface area contributed by atoms with Crippen molar-refractivity contribution < 1.29 is 13.2 Å². The Balaban J connectivity index is 4.11. The van der Waals surface area contributed by atoms with Gasteiger partial charge in [0.1, 0.15) is 0 Å². The zero-order valence-electron chi connectivity index (χ0n) is 8.28. The van der Waals surface area contributed by atoms with Gasteiger partial charge < -0.3 is 4.74 Å². The van der Waals surface area contributed by atoms with Crippen LogP contribution < -0.4 is 9.86 Å². The average molecular weight is 210 g/mol. The normalized spacial score (nSPS) is 14.8. The Kier molecular flexibility index (Phi) is 5.46. The molecule has 3 N–H and O–H groups in total. The van der Waals surface area contributed by atoms with Crippen molar-refractivity contribution in [1.82, 2.24) is 4.72 Å². The first-order valence-corrected chi connectivity index (χ1v) is 5.79. The van der Waals surface area contributed by atoms with Crippen molar-refractivity contribution in [3.8, 4) is 0 Å². The van der Waals surface area contributed by atoms with Gasteiger partial charge in [-0.05, 0) is 12.8 Å². The molecule has 0 saturated carbocycles. The van der Waals surface area contributed by atoms with Gasteiger partial charge in [-0.1, -0.05) is 13.8 Å². The topological polar surface area (TPSA) is 81.4 Å². The van der Waals surface area contributed by atoms with Gasteiger partial charge in [0, 0.05) is 12.6 Å². The van der Waals surface area contributed by atoms with E-state index in [9.17, 15) is 8.42 Å². The summed E-state index contributed by atoms with van der Waals surface area (Å²) in [6, 6.07) is -0.255. The zero-order valence-corrected chi connectivity index (χ0v) is 9.10. The Labute approximate surface area is 79.8 Å². The monoisotopic (exact) mass is 210 g/mol. The van der Waals surface area contributed by atoms with Crippen LogP contribution in [0.4, 0.5) is 0 Å². The average Bonchev–Trinajstić information content (AvgIpc) is 1.95. The Bertz CT molecular complexity index is 226. The fraction of sp³-hybridized carbons (Fsp3) is 1.00. The van der Waals surface area contributed by atoms with Crippen LogP contribution in [0.25, 0.3) is 0 Å². The first-order chi connectivity index (χ1) is 5.87. The molecule has 0 aliphatic carbocycles. The quantitative estimate of drug-likeness (QED) is 0.639. The predicted octanol–water partition coefficient (Wildman–Crippen LogP) is -0.159. The van der Waals surface area contributed by atoms with Crippen molar-refractivity contribution >= 4 is 10.2 Å². The van der Waals surface area contributed by atoms with Crippen molar-refractivity contribution in [3.05, 3.63) is 0 Å². The van der Waals surface area contributed by atoms with Crippen LogP contribution in [0.15, 0.2) is 0 Å². The van der Waals surface area contributed by atoms with E-state index in [1.807, 2.05) is 20.8 Å². The van der Waals surface area contributed by atoms with E-state index in [-0.39, 0.29) is 12.0 Å². The van der Waals surface area contributed by atoms with Gasteiger partial charge in [0.15, 0.2) is 0 Å². The predicted molar refractivity (Wildman–Crippen MR) is 51.4 cm³/mol. The molecule has 0 aromatic rings. The lowest BCUT2D eigenvalue weighted by molar-refractivity contribution is 0.116. The van der Waals surface area contributed by atoms with Crippen LogP contribution >= 0.6 is 0 Å². The summed E-state index contributed by atoms with van der Waals surface area (Å²) in [6.07, 6.45) is 0. The standard InChI is InChI=1S/C7H18N2O3S/c1-4-12-5-7(6(2)3)9-13(8,10)11/h6-7,9H,4-5H2,1-3H3,(H2,8,10,11). The van der Waals surface area contributed by atoms with E-state index in [1.54, 1.807) is 0 Å². The van der Waals surface area contributed by atoms with Gasteiger partial charge in [-0.25, -0.2) is 5.14 Å². The Morgan fingerprint density at radius 2 is 2.00 bits per heavy atom. The molecule has 0 saturated heterocycles. The molecule has 13 heavy (non-hydrogen) atoms. The van der Waals surface area contributed by atoms with E-state index in [2.05, 4.69) is 4.72 Å². The molecule has 0 radical (unpaired) electrons. The smallest absolute Gasteiger partial charge is 0.274 e. The number of nitrogens with one attached hydrogen (secondary N) is 1. The van der Waals surface area contributed by atoms with Crippen LogP contribution in [0.1, 0.15) is 20.8 Å². The molecule has 0 spiro atoms. The van der Waals surface area contributed by atoms with Gasteiger partial charge in [-0.3, -0.25) is 0 Å². The van der Waals surface area contributed by atoms with Crippen LogP contribution in [0.2, 0.25) is 0 Å². The summed E-state index contributed by atoms with van der Waals surface area (Å²) in [6.45, 7) is 6.58. The van der Waals surface area contributed by atoms with Crippen molar-refractivity contribution in [3.63, 3.8) is 0 Å². The highest BCUT2D eigenvalue weighted by Crippen LogP contribution is 2.02. The number of rotatable bonds is 6. The Morgan fingerprint density at radius 1 is 1.46 bits per heavy atom. The lowest BCUT2D eigenvalue weighted by Gasteiger charge is -2.20. The summed E-state index contributed by atoms with van der Waals surface area (Å²) in [7, 11) is -3.63. The van der Waals surface area contributed by atoms with E-state index in [1.165, 1.54) is 0 Å². The molecule has 0 amide bonds. The number of hydrogen-bond acceptors (Lipinski definition) is 3. The molecule has 0 aromatic carbocycles. The molecule has 1 unspecified atom stereocenters. The minimum Gasteiger partial charge on any atom is -0.380 e. The lowest BCUT2D eigenvalue weighted by atomic mass is 10.1. The molecular formula is C7H18N2O3S. The Hall–Kier alpha value is -0.170. The van der Waals surface area contributed by atoms with Crippen LogP contribution in [-0.2, 0) is 14.9 Å². The second kappa shape index (κ2) is 5.54. The molecule has 80 valence electrons. The summed E-state index contributed by atoms with van der Waals surface area (Å²) in [5.41, 5.74) is 0. The molecular weight excluding hydrogens is 192 g/mol. The van der Waals surface area contributed by atoms with Crippen molar-refractivity contribution in [2.75, 3.05) is 13.2 Å². The van der Waals surface area contributed by atoms with E-state index >= 15 is 0 Å². The molecule has 1 atom stereocenters. The summed E-state index contributed by atoms with van der Waals surface area (Å²) in [5, 5.41) is 4.85. The van der Waals surface area contributed by atoms with E-state index < -0.39 is 10.2 Å². The van der Waals surface area contributed by atoms with Gasteiger partial charge in [0.05, 0.1) is 6.61 Å². The molecule has 0 heterocycles. The van der Waals surface area contributed by atoms with Crippen molar-refractivity contribution in [1.29, 1.82) is 0 Å². The number of hydrogen-bond donors (Lipinski definition) is 2. The lowest BCUT2D eigenvalue weighted by Crippen LogP contribution is -2.44. The van der Waals surface area contributed by atoms with Crippen LogP contribution in [0.5, 0.6) is 0 Å². The highest BCUT2D eigenvalue weighted by atomic mass is 32.2. The van der Waals surface area contributed by atoms with Gasteiger partial charge in [0.25, 0.3) is 10.2 Å². The third kappa shape index (κ3) is 6.94. The third-order valence-corrected chi connectivity index (χ3v) is 2.25. The maximum atomic E-state index is 10.7. The largest absolute Gasteiger partial charge is 0.380 e. The number of ether oxygens (including phenoxy) is 1.